The Morgan fingerprint density at radius 1 is 1.14 bits per heavy atom. The SMILES string of the molecule is CCOC(=O)c1cnc2ccc(C(=O)NC)cc2c1Nc1ccc2c(c1)OCO2. The third-order valence-electron chi connectivity index (χ3n) is 4.49. The second kappa shape index (κ2) is 7.67. The molecule has 1 aromatic heterocycles. The number of esters is 1. The summed E-state index contributed by atoms with van der Waals surface area (Å²) in [5, 5.41) is 6.48. The van der Waals surface area contributed by atoms with E-state index in [0.29, 0.717) is 39.3 Å². The summed E-state index contributed by atoms with van der Waals surface area (Å²) in [6.07, 6.45) is 1.47. The van der Waals surface area contributed by atoms with Gasteiger partial charge in [0, 0.05) is 35.9 Å². The fourth-order valence-corrected chi connectivity index (χ4v) is 3.10. The van der Waals surface area contributed by atoms with Crippen LogP contribution in [0.3, 0.4) is 0 Å². The van der Waals surface area contributed by atoms with Crippen LogP contribution in [0.2, 0.25) is 0 Å². The van der Waals surface area contributed by atoms with Crippen LogP contribution >= 0.6 is 0 Å². The van der Waals surface area contributed by atoms with Gasteiger partial charge in [0.1, 0.15) is 5.56 Å². The Kier molecular flexibility index (Phi) is 4.90. The highest BCUT2D eigenvalue weighted by Gasteiger charge is 2.20. The van der Waals surface area contributed by atoms with Gasteiger partial charge in [0.15, 0.2) is 11.5 Å². The van der Waals surface area contributed by atoms with Gasteiger partial charge in [0.05, 0.1) is 17.8 Å². The van der Waals surface area contributed by atoms with Crippen molar-refractivity contribution in [1.29, 1.82) is 0 Å². The summed E-state index contributed by atoms with van der Waals surface area (Å²) in [6, 6.07) is 10.5. The van der Waals surface area contributed by atoms with Gasteiger partial charge in [0.25, 0.3) is 5.91 Å². The number of ether oxygens (including phenoxy) is 3. The van der Waals surface area contributed by atoms with Crippen LogP contribution in [0.15, 0.2) is 42.6 Å². The molecular weight excluding hydrogens is 374 g/mol. The summed E-state index contributed by atoms with van der Waals surface area (Å²) in [7, 11) is 1.56. The molecule has 2 heterocycles. The molecule has 0 spiro atoms. The molecule has 0 saturated heterocycles. The number of carbonyl (C=O) groups is 2. The second-order valence-corrected chi connectivity index (χ2v) is 6.27. The zero-order valence-electron chi connectivity index (χ0n) is 15.9. The zero-order chi connectivity index (χ0) is 20.4. The molecule has 4 rings (SSSR count). The molecule has 3 aromatic rings. The molecule has 0 bridgehead atoms. The number of aromatic nitrogens is 1. The van der Waals surface area contributed by atoms with Crippen molar-refractivity contribution in [3.05, 3.63) is 53.7 Å². The van der Waals surface area contributed by atoms with Gasteiger partial charge in [-0.1, -0.05) is 0 Å². The Morgan fingerprint density at radius 2 is 1.97 bits per heavy atom. The van der Waals surface area contributed by atoms with Gasteiger partial charge in [-0.2, -0.15) is 0 Å². The minimum atomic E-state index is -0.504. The predicted octanol–water partition coefficient (Wildman–Crippen LogP) is 3.24. The van der Waals surface area contributed by atoms with Gasteiger partial charge in [-0.05, 0) is 37.3 Å². The van der Waals surface area contributed by atoms with E-state index in [1.807, 2.05) is 6.07 Å². The molecule has 1 aliphatic heterocycles. The number of pyridine rings is 1. The molecule has 0 radical (unpaired) electrons. The molecule has 1 aliphatic rings. The molecule has 0 saturated carbocycles. The standard InChI is InChI=1S/C21H19N3O5/c1-3-27-21(26)15-10-23-16-6-4-12(20(25)22-2)8-14(16)19(15)24-13-5-7-17-18(9-13)29-11-28-17/h4-10H,3,11H2,1-2H3,(H,22,25)(H,23,24). The molecular formula is C21H19N3O5. The molecule has 8 heteroatoms. The van der Waals surface area contributed by atoms with Crippen molar-refractivity contribution in [2.24, 2.45) is 0 Å². The van der Waals surface area contributed by atoms with Crippen LogP contribution in [0.25, 0.3) is 10.9 Å². The first-order valence-corrected chi connectivity index (χ1v) is 9.09. The average molecular weight is 393 g/mol. The van der Waals surface area contributed by atoms with Crippen molar-refractivity contribution in [2.75, 3.05) is 25.8 Å². The minimum Gasteiger partial charge on any atom is -0.462 e. The molecule has 0 aliphatic carbocycles. The van der Waals surface area contributed by atoms with Crippen molar-refractivity contribution >= 4 is 34.2 Å². The third-order valence-corrected chi connectivity index (χ3v) is 4.49. The van der Waals surface area contributed by atoms with Gasteiger partial charge in [0.2, 0.25) is 6.79 Å². The maximum atomic E-state index is 12.5. The largest absolute Gasteiger partial charge is 0.462 e. The average Bonchev–Trinajstić information content (AvgIpc) is 3.21. The van der Waals surface area contributed by atoms with Crippen molar-refractivity contribution in [2.45, 2.75) is 6.92 Å². The highest BCUT2D eigenvalue weighted by atomic mass is 16.7. The number of anilines is 2. The number of hydrogen-bond acceptors (Lipinski definition) is 7. The third kappa shape index (κ3) is 3.52. The molecule has 8 nitrogen and oxygen atoms in total. The number of carbonyl (C=O) groups excluding carboxylic acids is 2. The number of nitrogens with one attached hydrogen (secondary N) is 2. The normalized spacial score (nSPS) is 11.9. The van der Waals surface area contributed by atoms with E-state index < -0.39 is 5.97 Å². The van der Waals surface area contributed by atoms with E-state index in [2.05, 4.69) is 15.6 Å². The van der Waals surface area contributed by atoms with E-state index in [9.17, 15) is 9.59 Å². The fraction of sp³-hybridized carbons (Fsp3) is 0.190. The lowest BCUT2D eigenvalue weighted by Gasteiger charge is -2.15. The minimum absolute atomic E-state index is 0.167. The van der Waals surface area contributed by atoms with Gasteiger partial charge in [-0.3, -0.25) is 9.78 Å². The monoisotopic (exact) mass is 393 g/mol. The number of hydrogen-bond donors (Lipinski definition) is 2. The Bertz CT molecular complexity index is 1110. The molecule has 29 heavy (non-hydrogen) atoms. The molecule has 148 valence electrons. The highest BCUT2D eigenvalue weighted by molar-refractivity contribution is 6.08. The maximum Gasteiger partial charge on any atom is 0.341 e. The summed E-state index contributed by atoms with van der Waals surface area (Å²) in [5.41, 5.74) is 2.55. The topological polar surface area (TPSA) is 98.8 Å². The molecule has 0 fully saturated rings. The zero-order valence-corrected chi connectivity index (χ0v) is 15.9. The number of nitrogens with zero attached hydrogens (tertiary/aromatic N) is 1. The van der Waals surface area contributed by atoms with Crippen LogP contribution in [0.1, 0.15) is 27.6 Å². The fourth-order valence-electron chi connectivity index (χ4n) is 3.10. The highest BCUT2D eigenvalue weighted by Crippen LogP contribution is 2.37. The quantitative estimate of drug-likeness (QED) is 0.642. The molecule has 2 aromatic carbocycles. The summed E-state index contributed by atoms with van der Waals surface area (Å²) in [5.74, 6) is 0.526. The predicted molar refractivity (Wildman–Crippen MR) is 107 cm³/mol. The Balaban J connectivity index is 1.85. The number of benzene rings is 2. The van der Waals surface area contributed by atoms with E-state index >= 15 is 0 Å². The van der Waals surface area contributed by atoms with Gasteiger partial charge in [-0.25, -0.2) is 4.79 Å². The second-order valence-electron chi connectivity index (χ2n) is 6.27. The van der Waals surface area contributed by atoms with E-state index in [0.717, 1.165) is 0 Å². The van der Waals surface area contributed by atoms with Crippen LogP contribution in [0.4, 0.5) is 11.4 Å². The van der Waals surface area contributed by atoms with Gasteiger partial charge in [-0.15, -0.1) is 0 Å². The number of rotatable bonds is 5. The smallest absolute Gasteiger partial charge is 0.341 e. The van der Waals surface area contributed by atoms with Crippen molar-refractivity contribution < 1.29 is 23.8 Å². The van der Waals surface area contributed by atoms with Crippen LogP contribution in [0.5, 0.6) is 11.5 Å². The Hall–Kier alpha value is -3.81. The van der Waals surface area contributed by atoms with E-state index in [4.69, 9.17) is 14.2 Å². The lowest BCUT2D eigenvalue weighted by Crippen LogP contribution is -2.17. The van der Waals surface area contributed by atoms with Gasteiger partial charge < -0.3 is 24.8 Å². The van der Waals surface area contributed by atoms with Crippen molar-refractivity contribution in [3.8, 4) is 11.5 Å². The van der Waals surface area contributed by atoms with Crippen molar-refractivity contribution in [3.63, 3.8) is 0 Å². The first-order chi connectivity index (χ1) is 14.1. The molecule has 0 unspecified atom stereocenters. The van der Waals surface area contributed by atoms with E-state index in [1.54, 1.807) is 44.3 Å². The van der Waals surface area contributed by atoms with Gasteiger partial charge >= 0.3 is 5.97 Å². The number of fused-ring (bicyclic) bond motifs is 2. The van der Waals surface area contributed by atoms with E-state index in [1.165, 1.54) is 6.20 Å². The summed E-state index contributed by atoms with van der Waals surface area (Å²) in [6.45, 7) is 2.14. The van der Waals surface area contributed by atoms with Crippen molar-refractivity contribution in [1.82, 2.24) is 10.3 Å². The van der Waals surface area contributed by atoms with E-state index in [-0.39, 0.29) is 24.9 Å². The molecule has 2 N–H and O–H groups in total. The first-order valence-electron chi connectivity index (χ1n) is 9.09. The summed E-state index contributed by atoms with van der Waals surface area (Å²) >= 11 is 0. The Labute approximate surface area is 166 Å². The maximum absolute atomic E-state index is 12.5. The molecule has 0 atom stereocenters. The van der Waals surface area contributed by atoms with Crippen LogP contribution in [-0.4, -0.2) is 37.3 Å². The first kappa shape index (κ1) is 18.5. The summed E-state index contributed by atoms with van der Waals surface area (Å²) < 4.78 is 16.0. The van der Waals surface area contributed by atoms with Crippen LogP contribution < -0.4 is 20.1 Å². The number of amides is 1. The van der Waals surface area contributed by atoms with Crippen LogP contribution in [-0.2, 0) is 4.74 Å². The lowest BCUT2D eigenvalue weighted by atomic mass is 10.1. The summed E-state index contributed by atoms with van der Waals surface area (Å²) in [4.78, 5) is 29.0. The van der Waals surface area contributed by atoms with Crippen LogP contribution in [0, 0.1) is 0 Å². The molecule has 1 amide bonds. The lowest BCUT2D eigenvalue weighted by molar-refractivity contribution is 0.0527. The Morgan fingerprint density at radius 3 is 2.76 bits per heavy atom.